The molecule has 1 aromatic rings. The molecule has 0 aliphatic heterocycles. The van der Waals surface area contributed by atoms with Crippen molar-refractivity contribution in [2.24, 2.45) is 0 Å². The van der Waals surface area contributed by atoms with Gasteiger partial charge in [0.05, 0.1) is 25.9 Å². The molecule has 118 valence electrons. The summed E-state index contributed by atoms with van der Waals surface area (Å²) < 4.78 is 50.2. The molecule has 0 saturated carbocycles. The van der Waals surface area contributed by atoms with Crippen LogP contribution >= 0.6 is 0 Å². The molecule has 8 heteroatoms. The molecule has 0 amide bonds. The molecule has 21 heavy (non-hydrogen) atoms. The van der Waals surface area contributed by atoms with Crippen LogP contribution in [-0.2, 0) is 4.74 Å². The minimum atomic E-state index is -4.35. The molecule has 0 unspecified atom stereocenters. The van der Waals surface area contributed by atoms with Crippen LogP contribution in [0.3, 0.4) is 0 Å². The Morgan fingerprint density at radius 1 is 1.24 bits per heavy atom. The van der Waals surface area contributed by atoms with Gasteiger partial charge in [0.15, 0.2) is 11.5 Å². The van der Waals surface area contributed by atoms with Crippen LogP contribution in [-0.4, -0.2) is 44.2 Å². The fourth-order valence-corrected chi connectivity index (χ4v) is 1.45. The van der Waals surface area contributed by atoms with E-state index >= 15 is 0 Å². The van der Waals surface area contributed by atoms with Gasteiger partial charge in [0.1, 0.15) is 6.61 Å². The zero-order chi connectivity index (χ0) is 15.9. The lowest BCUT2D eigenvalue weighted by Crippen LogP contribution is -2.18. The number of carboxylic acid groups (broad SMARTS) is 1. The van der Waals surface area contributed by atoms with Crippen LogP contribution in [0.15, 0.2) is 18.2 Å². The molecule has 5 nitrogen and oxygen atoms in total. The van der Waals surface area contributed by atoms with E-state index in [-0.39, 0.29) is 30.9 Å². The number of halogens is 3. The third kappa shape index (κ3) is 6.35. The van der Waals surface area contributed by atoms with E-state index in [4.69, 9.17) is 14.6 Å². The lowest BCUT2D eigenvalue weighted by molar-refractivity contribution is -0.174. The smallest absolute Gasteiger partial charge is 0.411 e. The summed E-state index contributed by atoms with van der Waals surface area (Å²) in [5.41, 5.74) is 0.0270. The summed E-state index contributed by atoms with van der Waals surface area (Å²) in [6, 6.07) is 4.09. The highest BCUT2D eigenvalue weighted by Gasteiger charge is 2.27. The normalized spacial score (nSPS) is 11.2. The summed E-state index contributed by atoms with van der Waals surface area (Å²) in [6.45, 7) is -1.33. The minimum absolute atomic E-state index is 0.0270. The Morgan fingerprint density at radius 3 is 2.52 bits per heavy atom. The van der Waals surface area contributed by atoms with Crippen molar-refractivity contribution in [3.63, 3.8) is 0 Å². The molecule has 1 rings (SSSR count). The highest BCUT2D eigenvalue weighted by Crippen LogP contribution is 2.28. The molecule has 0 heterocycles. The van der Waals surface area contributed by atoms with E-state index in [2.05, 4.69) is 4.74 Å². The Bertz CT molecular complexity index is 473. The van der Waals surface area contributed by atoms with Crippen molar-refractivity contribution in [1.29, 1.82) is 0 Å². The van der Waals surface area contributed by atoms with Crippen molar-refractivity contribution in [1.82, 2.24) is 0 Å². The summed E-state index contributed by atoms with van der Waals surface area (Å²) in [5.74, 6) is -0.555. The van der Waals surface area contributed by atoms with E-state index in [1.807, 2.05) is 0 Å². The van der Waals surface area contributed by atoms with Crippen LogP contribution < -0.4 is 9.47 Å². The van der Waals surface area contributed by atoms with E-state index in [0.717, 1.165) is 0 Å². The largest absolute Gasteiger partial charge is 0.493 e. The van der Waals surface area contributed by atoms with Crippen LogP contribution in [0.5, 0.6) is 11.5 Å². The lowest BCUT2D eigenvalue weighted by Gasteiger charge is -2.12. The van der Waals surface area contributed by atoms with Crippen molar-refractivity contribution < 1.29 is 37.3 Å². The van der Waals surface area contributed by atoms with Gasteiger partial charge in [-0.2, -0.15) is 13.2 Å². The molecule has 0 radical (unpaired) electrons. The number of alkyl halides is 3. The first-order valence-electron chi connectivity index (χ1n) is 6.02. The second kappa shape index (κ2) is 7.72. The van der Waals surface area contributed by atoms with E-state index in [1.54, 1.807) is 0 Å². The number of ether oxygens (including phenoxy) is 3. The first-order valence-corrected chi connectivity index (χ1v) is 6.02. The van der Waals surface area contributed by atoms with Gasteiger partial charge in [-0.25, -0.2) is 4.79 Å². The topological polar surface area (TPSA) is 65.0 Å². The van der Waals surface area contributed by atoms with Gasteiger partial charge < -0.3 is 19.3 Å². The van der Waals surface area contributed by atoms with Crippen molar-refractivity contribution >= 4 is 5.97 Å². The first-order chi connectivity index (χ1) is 9.83. The quantitative estimate of drug-likeness (QED) is 0.748. The molecular formula is C13H15F3O5. The minimum Gasteiger partial charge on any atom is -0.493 e. The molecule has 0 saturated heterocycles. The third-order valence-electron chi connectivity index (χ3n) is 2.37. The van der Waals surface area contributed by atoms with Crippen molar-refractivity contribution in [2.75, 3.05) is 26.9 Å². The molecule has 1 N–H and O–H groups in total. The molecule has 1 aromatic carbocycles. The number of benzene rings is 1. The molecule has 0 aromatic heterocycles. The summed E-state index contributed by atoms with van der Waals surface area (Å²) in [5, 5.41) is 8.87. The lowest BCUT2D eigenvalue weighted by atomic mass is 10.2. The van der Waals surface area contributed by atoms with Gasteiger partial charge in [0, 0.05) is 6.42 Å². The molecule has 0 spiro atoms. The fourth-order valence-electron chi connectivity index (χ4n) is 1.45. The Balaban J connectivity index is 2.43. The van der Waals surface area contributed by atoms with Gasteiger partial charge in [-0.1, -0.05) is 0 Å². The maximum absolute atomic E-state index is 11.8. The third-order valence-corrected chi connectivity index (χ3v) is 2.37. The zero-order valence-corrected chi connectivity index (χ0v) is 11.3. The molecule has 0 fully saturated rings. The molecular weight excluding hydrogens is 293 g/mol. The standard InChI is InChI=1S/C13H15F3O5/c1-19-10-4-3-9(12(17)18)7-11(10)21-6-2-5-20-8-13(14,15)16/h3-4,7H,2,5-6,8H2,1H3,(H,17,18). The van der Waals surface area contributed by atoms with Crippen LogP contribution in [0.25, 0.3) is 0 Å². The molecule has 0 aliphatic carbocycles. The maximum Gasteiger partial charge on any atom is 0.411 e. The highest BCUT2D eigenvalue weighted by atomic mass is 19.4. The summed E-state index contributed by atoms with van der Waals surface area (Å²) in [4.78, 5) is 10.8. The number of rotatable bonds is 8. The van der Waals surface area contributed by atoms with E-state index in [9.17, 15) is 18.0 Å². The second-order valence-electron chi connectivity index (χ2n) is 4.04. The van der Waals surface area contributed by atoms with Gasteiger partial charge in [0.2, 0.25) is 0 Å². The average Bonchev–Trinajstić information content (AvgIpc) is 2.41. The fraction of sp³-hybridized carbons (Fsp3) is 0.462. The monoisotopic (exact) mass is 308 g/mol. The number of hydrogen-bond donors (Lipinski definition) is 1. The van der Waals surface area contributed by atoms with Crippen LogP contribution in [0, 0.1) is 0 Å². The molecule has 0 atom stereocenters. The Morgan fingerprint density at radius 2 is 1.95 bits per heavy atom. The second-order valence-corrected chi connectivity index (χ2v) is 4.04. The predicted molar refractivity (Wildman–Crippen MR) is 66.9 cm³/mol. The Hall–Kier alpha value is -1.96. The van der Waals surface area contributed by atoms with Gasteiger partial charge in [-0.3, -0.25) is 0 Å². The number of aromatic carboxylic acids is 1. The summed E-state index contributed by atoms with van der Waals surface area (Å²) in [6.07, 6.45) is -4.11. The predicted octanol–water partition coefficient (Wildman–Crippen LogP) is 2.74. The van der Waals surface area contributed by atoms with E-state index in [0.29, 0.717) is 5.75 Å². The van der Waals surface area contributed by atoms with Crippen LogP contribution in [0.2, 0.25) is 0 Å². The van der Waals surface area contributed by atoms with Gasteiger partial charge in [-0.15, -0.1) is 0 Å². The van der Waals surface area contributed by atoms with Crippen molar-refractivity contribution in [3.05, 3.63) is 23.8 Å². The van der Waals surface area contributed by atoms with Crippen LogP contribution in [0.1, 0.15) is 16.8 Å². The number of hydrogen-bond acceptors (Lipinski definition) is 4. The summed E-state index contributed by atoms with van der Waals surface area (Å²) in [7, 11) is 1.40. The van der Waals surface area contributed by atoms with Crippen LogP contribution in [0.4, 0.5) is 13.2 Å². The zero-order valence-electron chi connectivity index (χ0n) is 11.3. The van der Waals surface area contributed by atoms with E-state index < -0.39 is 18.8 Å². The number of carboxylic acids is 1. The Labute approximate surface area is 119 Å². The Kier molecular flexibility index (Phi) is 6.29. The van der Waals surface area contributed by atoms with Gasteiger partial charge in [0.25, 0.3) is 0 Å². The van der Waals surface area contributed by atoms with Crippen molar-refractivity contribution in [2.45, 2.75) is 12.6 Å². The van der Waals surface area contributed by atoms with Crippen molar-refractivity contribution in [3.8, 4) is 11.5 Å². The number of carbonyl (C=O) groups is 1. The highest BCUT2D eigenvalue weighted by molar-refractivity contribution is 5.88. The summed E-state index contributed by atoms with van der Waals surface area (Å²) >= 11 is 0. The maximum atomic E-state index is 11.8. The first kappa shape index (κ1) is 17.1. The average molecular weight is 308 g/mol. The molecule has 0 aliphatic rings. The van der Waals surface area contributed by atoms with E-state index in [1.165, 1.54) is 25.3 Å². The number of methoxy groups -OCH3 is 1. The van der Waals surface area contributed by atoms with Gasteiger partial charge >= 0.3 is 12.1 Å². The van der Waals surface area contributed by atoms with Gasteiger partial charge in [-0.05, 0) is 18.2 Å². The SMILES string of the molecule is COc1ccc(C(=O)O)cc1OCCCOCC(F)(F)F. The molecule has 0 bridgehead atoms.